The van der Waals surface area contributed by atoms with Gasteiger partial charge < -0.3 is 15.4 Å². The molecule has 1 saturated heterocycles. The zero-order valence-electron chi connectivity index (χ0n) is 12.3. The van der Waals surface area contributed by atoms with Crippen LogP contribution < -0.4 is 15.4 Å². The summed E-state index contributed by atoms with van der Waals surface area (Å²) < 4.78 is 5.19. The molecule has 2 atom stereocenters. The van der Waals surface area contributed by atoms with Gasteiger partial charge in [0.25, 0.3) is 0 Å². The smallest absolute Gasteiger partial charge is 0.237 e. The van der Waals surface area contributed by atoms with E-state index in [2.05, 4.69) is 23.6 Å². The third-order valence-electron chi connectivity index (χ3n) is 3.83. The van der Waals surface area contributed by atoms with Crippen LogP contribution in [0.2, 0.25) is 0 Å². The number of hydrogen-bond donors (Lipinski definition) is 2. The van der Waals surface area contributed by atoms with E-state index in [-0.39, 0.29) is 11.9 Å². The highest BCUT2D eigenvalue weighted by molar-refractivity contribution is 5.81. The molecule has 0 bridgehead atoms. The molecule has 4 nitrogen and oxygen atoms in total. The fourth-order valence-electron chi connectivity index (χ4n) is 2.59. The van der Waals surface area contributed by atoms with Gasteiger partial charge in [-0.3, -0.25) is 4.79 Å². The van der Waals surface area contributed by atoms with Crippen molar-refractivity contribution in [1.82, 2.24) is 10.6 Å². The molecule has 0 saturated carbocycles. The molecule has 1 amide bonds. The van der Waals surface area contributed by atoms with Gasteiger partial charge in [0.05, 0.1) is 13.2 Å². The molecule has 0 aliphatic carbocycles. The second-order valence-corrected chi connectivity index (χ2v) is 5.53. The molecule has 2 N–H and O–H groups in total. The average molecular weight is 276 g/mol. The fraction of sp³-hybridized carbons (Fsp3) is 0.562. The van der Waals surface area contributed by atoms with Crippen molar-refractivity contribution in [2.45, 2.75) is 32.2 Å². The number of hydrogen-bond acceptors (Lipinski definition) is 3. The highest BCUT2D eigenvalue weighted by Gasteiger charge is 2.23. The third kappa shape index (κ3) is 4.23. The number of amides is 1. The molecule has 0 spiro atoms. The van der Waals surface area contributed by atoms with E-state index in [0.717, 1.165) is 31.6 Å². The Kier molecular flexibility index (Phi) is 5.41. The summed E-state index contributed by atoms with van der Waals surface area (Å²) in [4.78, 5) is 12.1. The zero-order valence-corrected chi connectivity index (χ0v) is 12.3. The van der Waals surface area contributed by atoms with E-state index in [9.17, 15) is 4.79 Å². The molecule has 2 rings (SSSR count). The number of piperidine rings is 1. The summed E-state index contributed by atoms with van der Waals surface area (Å²) in [6.07, 6.45) is 2.92. The van der Waals surface area contributed by atoms with E-state index in [1.807, 2.05) is 18.2 Å². The van der Waals surface area contributed by atoms with Gasteiger partial charge in [-0.1, -0.05) is 19.1 Å². The van der Waals surface area contributed by atoms with Crippen LogP contribution in [0.25, 0.3) is 0 Å². The number of ether oxygens (including phenoxy) is 1. The predicted octanol–water partition coefficient (Wildman–Crippen LogP) is 1.74. The summed E-state index contributed by atoms with van der Waals surface area (Å²) in [5.74, 6) is 1.61. The molecule has 1 aliphatic heterocycles. The highest BCUT2D eigenvalue weighted by Crippen LogP contribution is 2.15. The number of carbonyl (C=O) groups excluding carboxylic acids is 1. The summed E-state index contributed by atoms with van der Waals surface area (Å²) in [6, 6.07) is 7.93. The van der Waals surface area contributed by atoms with Crippen molar-refractivity contribution in [3.63, 3.8) is 0 Å². The van der Waals surface area contributed by atoms with E-state index in [0.29, 0.717) is 12.5 Å². The first-order valence-corrected chi connectivity index (χ1v) is 7.33. The normalized spacial score (nSPS) is 22.3. The minimum absolute atomic E-state index is 0.0240. The number of carbonyl (C=O) groups is 1. The van der Waals surface area contributed by atoms with Crippen molar-refractivity contribution < 1.29 is 9.53 Å². The monoisotopic (exact) mass is 276 g/mol. The van der Waals surface area contributed by atoms with Gasteiger partial charge in [0.1, 0.15) is 5.75 Å². The number of methoxy groups -OCH3 is 1. The molecule has 1 aromatic rings. The summed E-state index contributed by atoms with van der Waals surface area (Å²) in [5, 5.41) is 6.30. The summed E-state index contributed by atoms with van der Waals surface area (Å²) in [7, 11) is 1.66. The van der Waals surface area contributed by atoms with Crippen LogP contribution in [-0.2, 0) is 11.2 Å². The lowest BCUT2D eigenvalue weighted by atomic mass is 9.94. The van der Waals surface area contributed by atoms with Gasteiger partial charge >= 0.3 is 0 Å². The van der Waals surface area contributed by atoms with Gasteiger partial charge in [-0.15, -0.1) is 0 Å². The van der Waals surface area contributed by atoms with Crippen LogP contribution in [-0.4, -0.2) is 32.1 Å². The van der Waals surface area contributed by atoms with Crippen LogP contribution in [0.3, 0.4) is 0 Å². The third-order valence-corrected chi connectivity index (χ3v) is 3.83. The van der Waals surface area contributed by atoms with Crippen molar-refractivity contribution in [1.29, 1.82) is 0 Å². The lowest BCUT2D eigenvalue weighted by molar-refractivity contribution is -0.123. The van der Waals surface area contributed by atoms with E-state index >= 15 is 0 Å². The topological polar surface area (TPSA) is 50.4 Å². The molecular weight excluding hydrogens is 252 g/mol. The maximum absolute atomic E-state index is 12.1. The average Bonchev–Trinajstić information content (AvgIpc) is 2.47. The van der Waals surface area contributed by atoms with Gasteiger partial charge in [-0.25, -0.2) is 0 Å². The quantitative estimate of drug-likeness (QED) is 0.861. The molecule has 0 aromatic heterocycles. The molecule has 4 heteroatoms. The summed E-state index contributed by atoms with van der Waals surface area (Å²) in [5.41, 5.74) is 1.18. The Morgan fingerprint density at radius 2 is 2.35 bits per heavy atom. The van der Waals surface area contributed by atoms with Gasteiger partial charge in [-0.05, 0) is 49.4 Å². The Labute approximate surface area is 120 Å². The molecule has 20 heavy (non-hydrogen) atoms. The fourth-order valence-corrected chi connectivity index (χ4v) is 2.59. The first kappa shape index (κ1) is 14.9. The second kappa shape index (κ2) is 7.29. The maximum Gasteiger partial charge on any atom is 0.237 e. The molecule has 1 heterocycles. The zero-order chi connectivity index (χ0) is 14.4. The molecule has 0 radical (unpaired) electrons. The Morgan fingerprint density at radius 1 is 1.50 bits per heavy atom. The predicted molar refractivity (Wildman–Crippen MR) is 79.9 cm³/mol. The second-order valence-electron chi connectivity index (χ2n) is 5.53. The van der Waals surface area contributed by atoms with Crippen molar-refractivity contribution in [3.8, 4) is 5.75 Å². The minimum Gasteiger partial charge on any atom is -0.497 e. The van der Waals surface area contributed by atoms with Gasteiger partial charge in [0.15, 0.2) is 0 Å². The van der Waals surface area contributed by atoms with Crippen LogP contribution in [0.15, 0.2) is 24.3 Å². The lowest BCUT2D eigenvalue weighted by Crippen LogP contribution is -2.48. The minimum atomic E-state index is -0.0240. The van der Waals surface area contributed by atoms with E-state index < -0.39 is 0 Å². The molecule has 110 valence electrons. The van der Waals surface area contributed by atoms with Gasteiger partial charge in [-0.2, -0.15) is 0 Å². The van der Waals surface area contributed by atoms with Crippen LogP contribution in [0.4, 0.5) is 0 Å². The van der Waals surface area contributed by atoms with Gasteiger partial charge in [0, 0.05) is 6.54 Å². The highest BCUT2D eigenvalue weighted by atomic mass is 16.5. The number of rotatable bonds is 5. The van der Waals surface area contributed by atoms with E-state index in [4.69, 9.17) is 4.74 Å². The van der Waals surface area contributed by atoms with Crippen LogP contribution in [0.1, 0.15) is 25.3 Å². The Hall–Kier alpha value is -1.55. The first-order chi connectivity index (χ1) is 9.69. The van der Waals surface area contributed by atoms with Crippen LogP contribution in [0, 0.1) is 5.92 Å². The van der Waals surface area contributed by atoms with Crippen molar-refractivity contribution >= 4 is 5.91 Å². The SMILES string of the molecule is COc1cccc(CCNC(=O)C2CC(C)CCN2)c1. The first-order valence-electron chi connectivity index (χ1n) is 7.33. The molecule has 1 aromatic carbocycles. The van der Waals surface area contributed by atoms with Crippen molar-refractivity contribution in [2.24, 2.45) is 5.92 Å². The molecule has 1 aliphatic rings. The summed E-state index contributed by atoms with van der Waals surface area (Å²) in [6.45, 7) is 3.81. The van der Waals surface area contributed by atoms with Crippen molar-refractivity contribution in [2.75, 3.05) is 20.2 Å². The van der Waals surface area contributed by atoms with Crippen LogP contribution >= 0.6 is 0 Å². The lowest BCUT2D eigenvalue weighted by Gasteiger charge is -2.27. The van der Waals surface area contributed by atoms with Crippen LogP contribution in [0.5, 0.6) is 5.75 Å². The Morgan fingerprint density at radius 3 is 3.10 bits per heavy atom. The Balaban J connectivity index is 1.76. The standard InChI is InChI=1S/C16H24N2O2/c1-12-6-8-17-15(10-12)16(19)18-9-7-13-4-3-5-14(11-13)20-2/h3-5,11-12,15,17H,6-10H2,1-2H3,(H,18,19). The van der Waals surface area contributed by atoms with E-state index in [1.54, 1.807) is 7.11 Å². The molecular formula is C16H24N2O2. The Bertz CT molecular complexity index is 448. The van der Waals surface area contributed by atoms with E-state index in [1.165, 1.54) is 5.56 Å². The van der Waals surface area contributed by atoms with Crippen molar-refractivity contribution in [3.05, 3.63) is 29.8 Å². The summed E-state index contributed by atoms with van der Waals surface area (Å²) >= 11 is 0. The number of benzene rings is 1. The molecule has 1 fully saturated rings. The maximum atomic E-state index is 12.1. The largest absolute Gasteiger partial charge is 0.497 e. The number of nitrogens with one attached hydrogen (secondary N) is 2. The molecule has 2 unspecified atom stereocenters. The van der Waals surface area contributed by atoms with Gasteiger partial charge in [0.2, 0.25) is 5.91 Å².